The second kappa shape index (κ2) is 7.70. The van der Waals surface area contributed by atoms with Gasteiger partial charge >= 0.3 is 0 Å². The maximum absolute atomic E-state index is 6.62. The first kappa shape index (κ1) is 19.4. The van der Waals surface area contributed by atoms with E-state index in [1.165, 1.54) is 0 Å². The molecule has 0 saturated carbocycles. The summed E-state index contributed by atoms with van der Waals surface area (Å²) in [6.07, 6.45) is 1.25. The number of fused-ring (bicyclic) bond motifs is 3. The van der Waals surface area contributed by atoms with Gasteiger partial charge in [0.2, 0.25) is 5.95 Å². The second-order valence-corrected chi connectivity index (χ2v) is 7.93. The van der Waals surface area contributed by atoms with Crippen LogP contribution in [0.5, 0.6) is 17.2 Å². The summed E-state index contributed by atoms with van der Waals surface area (Å²) in [5.74, 6) is 3.12. The number of nitrogens with one attached hydrogen (secondary N) is 1. The molecule has 0 bridgehead atoms. The van der Waals surface area contributed by atoms with Crippen molar-refractivity contribution in [1.29, 1.82) is 0 Å². The molecule has 33 heavy (non-hydrogen) atoms. The molecular formula is C26H22N4O3. The van der Waals surface area contributed by atoms with Crippen LogP contribution in [-0.2, 0) is 0 Å². The Balaban J connectivity index is 1.58. The molecule has 7 heteroatoms. The van der Waals surface area contributed by atoms with Crippen LogP contribution in [0.25, 0.3) is 5.70 Å². The topological polar surface area (TPSA) is 70.4 Å². The molecular weight excluding hydrogens is 416 g/mol. The van der Waals surface area contributed by atoms with E-state index < -0.39 is 0 Å². The third-order valence-corrected chi connectivity index (χ3v) is 6.17. The predicted molar refractivity (Wildman–Crippen MR) is 125 cm³/mol. The molecule has 2 aliphatic heterocycles. The number of hydrogen-bond acceptors (Lipinski definition) is 6. The van der Waals surface area contributed by atoms with E-state index in [0.717, 1.165) is 45.2 Å². The second-order valence-electron chi connectivity index (χ2n) is 7.93. The Bertz CT molecular complexity index is 1340. The Kier molecular flexibility index (Phi) is 4.54. The molecule has 1 aromatic heterocycles. The molecule has 7 nitrogen and oxygen atoms in total. The maximum atomic E-state index is 6.62. The fourth-order valence-corrected chi connectivity index (χ4v) is 4.58. The number of anilines is 1. The molecule has 3 heterocycles. The number of para-hydroxylation sites is 1. The van der Waals surface area contributed by atoms with Gasteiger partial charge in [-0.1, -0.05) is 36.4 Å². The number of rotatable bonds is 4. The Hall–Kier alpha value is -4.26. The van der Waals surface area contributed by atoms with E-state index in [0.29, 0.717) is 5.95 Å². The average Bonchev–Trinajstić information content (AvgIpc) is 3.35. The van der Waals surface area contributed by atoms with Gasteiger partial charge in [-0.2, -0.15) is 10.1 Å². The van der Waals surface area contributed by atoms with E-state index in [1.807, 2.05) is 59.3 Å². The molecule has 164 valence electrons. The highest BCUT2D eigenvalue weighted by molar-refractivity contribution is 5.85. The molecule has 4 aromatic rings. The van der Waals surface area contributed by atoms with Crippen molar-refractivity contribution in [3.05, 3.63) is 101 Å². The van der Waals surface area contributed by atoms with Gasteiger partial charge in [0, 0.05) is 11.1 Å². The lowest BCUT2D eigenvalue weighted by atomic mass is 9.84. The standard InChI is InChI=1S/C26H22N4O3/c1-31-18-11-7-16(8-12-18)24-22-23(29-26-27-15-28-30(24)26)20-5-3-4-6-21(20)33-25(22)17-9-13-19(32-2)14-10-17/h3-15,24-25H,1-2H3,(H,27,28,29). The molecule has 6 rings (SSSR count). The summed E-state index contributed by atoms with van der Waals surface area (Å²) in [5, 5.41) is 8.08. The van der Waals surface area contributed by atoms with Gasteiger partial charge < -0.3 is 19.5 Å². The quantitative estimate of drug-likeness (QED) is 0.491. The van der Waals surface area contributed by atoms with Gasteiger partial charge in [-0.25, -0.2) is 4.68 Å². The summed E-state index contributed by atoms with van der Waals surface area (Å²) < 4.78 is 19.3. The van der Waals surface area contributed by atoms with Crippen LogP contribution in [0.15, 0.2) is 84.7 Å². The largest absolute Gasteiger partial charge is 0.497 e. The van der Waals surface area contributed by atoms with Gasteiger partial charge in [0.25, 0.3) is 0 Å². The van der Waals surface area contributed by atoms with Crippen LogP contribution < -0.4 is 19.5 Å². The van der Waals surface area contributed by atoms with Crippen molar-refractivity contribution in [3.8, 4) is 17.2 Å². The summed E-state index contributed by atoms with van der Waals surface area (Å²) in [7, 11) is 3.33. The summed E-state index contributed by atoms with van der Waals surface area (Å²) in [4.78, 5) is 4.48. The smallest absolute Gasteiger partial charge is 0.226 e. The summed E-state index contributed by atoms with van der Waals surface area (Å²) in [6, 6.07) is 23.9. The van der Waals surface area contributed by atoms with Crippen molar-refractivity contribution in [3.63, 3.8) is 0 Å². The molecule has 2 unspecified atom stereocenters. The Morgan fingerprint density at radius 1 is 0.848 bits per heavy atom. The normalized spacial score (nSPS) is 18.4. The monoisotopic (exact) mass is 438 g/mol. The van der Waals surface area contributed by atoms with E-state index in [2.05, 4.69) is 33.6 Å². The van der Waals surface area contributed by atoms with Gasteiger partial charge in [-0.05, 0) is 47.5 Å². The molecule has 3 aromatic carbocycles. The third-order valence-electron chi connectivity index (χ3n) is 6.17. The zero-order valence-corrected chi connectivity index (χ0v) is 18.2. The van der Waals surface area contributed by atoms with Gasteiger partial charge in [0.15, 0.2) is 0 Å². The molecule has 0 amide bonds. The highest BCUT2D eigenvalue weighted by Gasteiger charge is 2.40. The lowest BCUT2D eigenvalue weighted by Crippen LogP contribution is -2.32. The van der Waals surface area contributed by atoms with Crippen molar-refractivity contribution in [1.82, 2.24) is 14.8 Å². The van der Waals surface area contributed by atoms with Crippen LogP contribution in [0.3, 0.4) is 0 Å². The minimum Gasteiger partial charge on any atom is -0.497 e. The molecule has 0 aliphatic carbocycles. The van der Waals surface area contributed by atoms with E-state index in [9.17, 15) is 0 Å². The number of benzene rings is 3. The van der Waals surface area contributed by atoms with Crippen molar-refractivity contribution in [2.45, 2.75) is 12.1 Å². The Morgan fingerprint density at radius 2 is 1.52 bits per heavy atom. The lowest BCUT2D eigenvalue weighted by molar-refractivity contribution is 0.223. The van der Waals surface area contributed by atoms with Gasteiger partial charge in [-0.15, -0.1) is 0 Å². The fraction of sp³-hybridized carbons (Fsp3) is 0.154. The maximum Gasteiger partial charge on any atom is 0.226 e. The van der Waals surface area contributed by atoms with Crippen LogP contribution in [-0.4, -0.2) is 29.0 Å². The van der Waals surface area contributed by atoms with Crippen LogP contribution in [0, 0.1) is 0 Å². The molecule has 0 fully saturated rings. The van der Waals surface area contributed by atoms with Gasteiger partial charge in [-0.3, -0.25) is 0 Å². The number of methoxy groups -OCH3 is 2. The van der Waals surface area contributed by atoms with E-state index >= 15 is 0 Å². The number of ether oxygens (including phenoxy) is 3. The van der Waals surface area contributed by atoms with Crippen LogP contribution in [0.4, 0.5) is 5.95 Å². The van der Waals surface area contributed by atoms with Crippen molar-refractivity contribution < 1.29 is 14.2 Å². The Morgan fingerprint density at radius 3 is 2.21 bits per heavy atom. The van der Waals surface area contributed by atoms with Crippen molar-refractivity contribution in [2.75, 3.05) is 19.5 Å². The molecule has 0 radical (unpaired) electrons. The number of aromatic nitrogens is 3. The number of hydrogen-bond donors (Lipinski definition) is 1. The minimum absolute atomic E-state index is 0.204. The van der Waals surface area contributed by atoms with E-state index in [-0.39, 0.29) is 12.1 Å². The predicted octanol–water partition coefficient (Wildman–Crippen LogP) is 4.86. The zero-order chi connectivity index (χ0) is 22.4. The molecule has 0 spiro atoms. The van der Waals surface area contributed by atoms with Crippen LogP contribution in [0.1, 0.15) is 28.8 Å². The first-order valence-electron chi connectivity index (χ1n) is 10.7. The minimum atomic E-state index is -0.322. The third kappa shape index (κ3) is 3.12. The lowest BCUT2D eigenvalue weighted by Gasteiger charge is -2.39. The van der Waals surface area contributed by atoms with Crippen molar-refractivity contribution >= 4 is 11.6 Å². The highest BCUT2D eigenvalue weighted by Crippen LogP contribution is 2.50. The number of nitrogens with zero attached hydrogens (tertiary/aromatic N) is 3. The summed E-state index contributed by atoms with van der Waals surface area (Å²) >= 11 is 0. The molecule has 2 atom stereocenters. The molecule has 0 saturated heterocycles. The summed E-state index contributed by atoms with van der Waals surface area (Å²) in [5.41, 5.74) is 5.17. The summed E-state index contributed by atoms with van der Waals surface area (Å²) in [6.45, 7) is 0. The van der Waals surface area contributed by atoms with Gasteiger partial charge in [0.1, 0.15) is 35.7 Å². The van der Waals surface area contributed by atoms with E-state index in [1.54, 1.807) is 20.5 Å². The van der Waals surface area contributed by atoms with Crippen LogP contribution in [0.2, 0.25) is 0 Å². The van der Waals surface area contributed by atoms with E-state index in [4.69, 9.17) is 14.2 Å². The Labute approximate surface area is 191 Å². The first-order valence-corrected chi connectivity index (χ1v) is 10.7. The molecule has 2 aliphatic rings. The molecule has 1 N–H and O–H groups in total. The first-order chi connectivity index (χ1) is 16.3. The zero-order valence-electron chi connectivity index (χ0n) is 18.2. The van der Waals surface area contributed by atoms with Crippen LogP contribution >= 0.6 is 0 Å². The van der Waals surface area contributed by atoms with Crippen molar-refractivity contribution in [2.24, 2.45) is 0 Å². The SMILES string of the molecule is COc1ccc(C2Oc3ccccc3C3=C2C(c2ccc(OC)cc2)n2ncnc2N3)cc1. The van der Waals surface area contributed by atoms with Gasteiger partial charge in [0.05, 0.1) is 19.9 Å². The fourth-order valence-electron chi connectivity index (χ4n) is 4.58. The average molecular weight is 438 g/mol. The highest BCUT2D eigenvalue weighted by atomic mass is 16.5.